The molecule has 2 aliphatic rings. The Hall–Kier alpha value is -5.18. The van der Waals surface area contributed by atoms with Gasteiger partial charge in [0, 0.05) is 31.5 Å². The number of benzene rings is 1. The number of likely N-dealkylation sites (N-methyl/N-ethyl adjacent to an activating group) is 1. The van der Waals surface area contributed by atoms with E-state index in [4.69, 9.17) is 21.1 Å². The van der Waals surface area contributed by atoms with E-state index >= 15 is 0 Å². The fourth-order valence-electron chi connectivity index (χ4n) is 6.82. The van der Waals surface area contributed by atoms with Crippen molar-refractivity contribution < 1.29 is 96.7 Å². The topological polar surface area (TPSA) is 472 Å². The van der Waals surface area contributed by atoms with Gasteiger partial charge in [0.25, 0.3) is 0 Å². The number of carbonyl (C=O) groups is 7. The van der Waals surface area contributed by atoms with Crippen LogP contribution in [0.15, 0.2) is 18.2 Å². The fraction of sp³-hybridized carbons (Fsp3) is 0.649. The van der Waals surface area contributed by atoms with Crippen molar-refractivity contribution in [2.45, 2.75) is 125 Å². The summed E-state index contributed by atoms with van der Waals surface area (Å²) in [7, 11) is -3.16. The Kier molecular flexibility index (Phi) is 21.7. The van der Waals surface area contributed by atoms with Gasteiger partial charge in [0.15, 0.2) is 17.7 Å². The second-order valence-corrected chi connectivity index (χ2v) is 17.0. The maximum absolute atomic E-state index is 14.0. The minimum absolute atomic E-state index is 0.0741. The van der Waals surface area contributed by atoms with E-state index < -0.39 is 155 Å². The number of nitrogens with one attached hydrogen (secondary N) is 4. The fourth-order valence-corrected chi connectivity index (χ4v) is 7.18. The molecule has 0 bridgehead atoms. The molecule has 6 amide bonds. The number of nitrogens with zero attached hydrogens (tertiary/aromatic N) is 2. The Morgan fingerprint density at radius 2 is 1.56 bits per heavy atom. The Labute approximate surface area is 377 Å². The van der Waals surface area contributed by atoms with Gasteiger partial charge in [0.05, 0.1) is 36.9 Å². The number of β-amino-alcohol motifs (C(OH)–C–C–N with tert-alkyl or cyclic N) is 1. The van der Waals surface area contributed by atoms with Gasteiger partial charge in [-0.3, -0.25) is 33.3 Å². The number of aliphatic hydroxyl groups is 8. The lowest BCUT2D eigenvalue weighted by Crippen LogP contribution is -2.63. The van der Waals surface area contributed by atoms with Crippen LogP contribution in [0.3, 0.4) is 0 Å². The van der Waals surface area contributed by atoms with Crippen LogP contribution in [-0.4, -0.2) is 210 Å². The largest absolute Gasteiger partial charge is 0.504 e. The first kappa shape index (κ1) is 56.9. The van der Waals surface area contributed by atoms with Crippen LogP contribution in [-0.2, 0) is 44.0 Å². The van der Waals surface area contributed by atoms with Gasteiger partial charge in [0.1, 0.15) is 48.8 Å². The van der Waals surface area contributed by atoms with Gasteiger partial charge < -0.3 is 97.5 Å². The summed E-state index contributed by atoms with van der Waals surface area (Å²) in [5.74, 6) is -9.21. The van der Waals surface area contributed by atoms with Crippen LogP contribution in [0.1, 0.15) is 51.7 Å². The molecular formula is C37H60N8O20S. The molecule has 0 aromatic heterocycles. The Balaban J connectivity index is 0.00000168. The predicted octanol–water partition coefficient (Wildman–Crippen LogP) is -8.34. The van der Waals surface area contributed by atoms with E-state index in [9.17, 15) is 82.8 Å². The number of nitrogens with two attached hydrogens (primary N) is 2. The summed E-state index contributed by atoms with van der Waals surface area (Å²) < 4.78 is 35.4. The average Bonchev–Trinajstić information content (AvgIpc) is 3.69. The Morgan fingerprint density at radius 1 is 0.939 bits per heavy atom. The number of hydrogen-bond acceptors (Lipinski definition) is 21. The number of hydrogen-bond donors (Lipinski definition) is 16. The highest BCUT2D eigenvalue weighted by Gasteiger charge is 2.49. The number of carbonyl (C=O) groups excluding carboxylic acids is 7. The maximum Gasteiger partial charge on any atom is 0.446 e. The SMILES string of the molecule is CC(O)C(C=O)NC(=O)C(N)CC(O)C(O)NC(=O)C1C(O)C(C)CN1C(=O)C(NC(=O)C(NC=O)C(O)C(O)c1ccc(O)c(OS(=O)(=O)O)c1)C(O)CC(N)=O.CC1CC(O)CN1C. The lowest BCUT2D eigenvalue weighted by atomic mass is 9.97. The number of amides is 6. The van der Waals surface area contributed by atoms with Crippen LogP contribution < -0.4 is 36.9 Å². The Morgan fingerprint density at radius 3 is 2.05 bits per heavy atom. The predicted molar refractivity (Wildman–Crippen MR) is 222 cm³/mol. The molecule has 1 aromatic carbocycles. The molecule has 2 saturated heterocycles. The van der Waals surface area contributed by atoms with E-state index in [0.717, 1.165) is 25.1 Å². The zero-order valence-electron chi connectivity index (χ0n) is 36.1. The molecule has 0 aliphatic carbocycles. The minimum Gasteiger partial charge on any atom is -0.504 e. The maximum atomic E-state index is 14.0. The summed E-state index contributed by atoms with van der Waals surface area (Å²) in [5.41, 5.74) is 10.4. The second-order valence-electron chi connectivity index (χ2n) is 16.0. The van der Waals surface area contributed by atoms with E-state index in [0.29, 0.717) is 17.0 Å². The molecule has 18 N–H and O–H groups in total. The lowest BCUT2D eigenvalue weighted by molar-refractivity contribution is -0.149. The van der Waals surface area contributed by atoms with Gasteiger partial charge >= 0.3 is 10.4 Å². The van der Waals surface area contributed by atoms with Gasteiger partial charge in [-0.25, -0.2) is 0 Å². The summed E-state index contributed by atoms with van der Waals surface area (Å²) >= 11 is 0. The molecule has 66 heavy (non-hydrogen) atoms. The highest BCUT2D eigenvalue weighted by Crippen LogP contribution is 2.32. The molecule has 0 radical (unpaired) electrons. The Bertz CT molecular complexity index is 1960. The minimum atomic E-state index is -5.20. The third-order valence-corrected chi connectivity index (χ3v) is 11.1. The van der Waals surface area contributed by atoms with Gasteiger partial charge in [-0.05, 0) is 45.0 Å². The number of aliphatic hydroxyl groups excluding tert-OH is 8. The molecule has 29 heteroatoms. The number of likely N-dealkylation sites (tertiary alicyclic amines) is 2. The van der Waals surface area contributed by atoms with E-state index in [2.05, 4.69) is 21.3 Å². The molecule has 0 saturated carbocycles. The molecule has 15 unspecified atom stereocenters. The summed E-state index contributed by atoms with van der Waals surface area (Å²) in [6.07, 6.45) is -14.8. The van der Waals surface area contributed by atoms with Gasteiger partial charge in [-0.15, -0.1) is 0 Å². The highest BCUT2D eigenvalue weighted by molar-refractivity contribution is 7.81. The van der Waals surface area contributed by atoms with Crippen molar-refractivity contribution in [1.82, 2.24) is 31.1 Å². The quantitative estimate of drug-likeness (QED) is 0.0291. The van der Waals surface area contributed by atoms with Crippen molar-refractivity contribution in [3.8, 4) is 11.5 Å². The number of aldehydes is 1. The van der Waals surface area contributed by atoms with Crippen LogP contribution in [0.25, 0.3) is 0 Å². The van der Waals surface area contributed by atoms with Crippen molar-refractivity contribution in [3.63, 3.8) is 0 Å². The van der Waals surface area contributed by atoms with E-state index in [1.165, 1.54) is 13.8 Å². The van der Waals surface area contributed by atoms with E-state index in [-0.39, 0.29) is 18.8 Å². The number of rotatable bonds is 22. The zero-order chi connectivity index (χ0) is 50.5. The lowest BCUT2D eigenvalue weighted by Gasteiger charge is -2.33. The standard InChI is InChI=1S/C31H47N7O19S.C6H13NO/c1-11-8-38(23(24(11)46)30(52)37-28(50)18(44)6-14(32)27(49)35-15(9-39)12(2)41)31(53)21(17(43)7-20(33)45)36-29(51)22(34-10-40)26(48)25(47)13-3-4-16(42)19(5-13)57-58(54,55)56;1-5-3-6(8)4-7(5)2/h3-5,9-12,14-15,17-18,21-26,28,41-44,46-48,50H,6-8,32H2,1-2H3,(H2,33,45)(H,34,40)(H,35,49)(H,36,51)(H,37,52)(H,54,55,56);5-6,8H,3-4H2,1-2H3. The summed E-state index contributed by atoms with van der Waals surface area (Å²) in [6.45, 7) is 5.07. The molecule has 1 aromatic rings. The van der Waals surface area contributed by atoms with Gasteiger partial charge in [-0.2, -0.15) is 8.42 Å². The monoisotopic (exact) mass is 968 g/mol. The van der Waals surface area contributed by atoms with Crippen LogP contribution >= 0.6 is 0 Å². The molecule has 3 rings (SSSR count). The van der Waals surface area contributed by atoms with Crippen LogP contribution in [0.4, 0.5) is 0 Å². The first-order valence-corrected chi connectivity index (χ1v) is 21.5. The molecular weight excluding hydrogens is 909 g/mol. The second kappa shape index (κ2) is 25.1. The molecule has 2 aliphatic heterocycles. The van der Waals surface area contributed by atoms with Crippen molar-refractivity contribution in [3.05, 3.63) is 23.8 Å². The van der Waals surface area contributed by atoms with Gasteiger partial charge in [-0.1, -0.05) is 13.0 Å². The first-order valence-electron chi connectivity index (χ1n) is 20.1. The molecule has 374 valence electrons. The average molecular weight is 969 g/mol. The zero-order valence-corrected chi connectivity index (χ0v) is 36.9. The van der Waals surface area contributed by atoms with Crippen molar-refractivity contribution in [2.24, 2.45) is 17.4 Å². The molecule has 28 nitrogen and oxygen atoms in total. The normalized spacial score (nSPS) is 24.3. The van der Waals surface area contributed by atoms with Crippen molar-refractivity contribution in [2.75, 3.05) is 20.1 Å². The third-order valence-electron chi connectivity index (χ3n) is 10.7. The highest BCUT2D eigenvalue weighted by atomic mass is 32.3. The third kappa shape index (κ3) is 16.3. The smallest absolute Gasteiger partial charge is 0.446 e. The van der Waals surface area contributed by atoms with Gasteiger partial charge in [0.2, 0.25) is 35.9 Å². The molecule has 15 atom stereocenters. The summed E-state index contributed by atoms with van der Waals surface area (Å²) in [4.78, 5) is 90.3. The summed E-state index contributed by atoms with van der Waals surface area (Å²) in [6, 6.07) is -6.50. The van der Waals surface area contributed by atoms with Crippen molar-refractivity contribution >= 4 is 52.6 Å². The van der Waals surface area contributed by atoms with Crippen molar-refractivity contribution in [1.29, 1.82) is 0 Å². The van der Waals surface area contributed by atoms with Crippen LogP contribution in [0, 0.1) is 5.92 Å². The molecule has 2 fully saturated rings. The van der Waals surface area contributed by atoms with E-state index in [1.54, 1.807) is 0 Å². The first-order chi connectivity index (χ1) is 30.5. The number of phenols is 1. The molecule has 2 heterocycles. The van der Waals surface area contributed by atoms with Crippen LogP contribution in [0.2, 0.25) is 0 Å². The molecule has 0 spiro atoms. The number of phenolic OH excluding ortho intramolecular Hbond substituents is 1. The summed E-state index contributed by atoms with van der Waals surface area (Å²) in [5, 5.41) is 101. The van der Waals surface area contributed by atoms with E-state index in [1.807, 2.05) is 23.0 Å². The number of primary amides is 1. The number of aromatic hydroxyl groups is 1. The van der Waals surface area contributed by atoms with Crippen LogP contribution in [0.5, 0.6) is 11.5 Å².